The summed E-state index contributed by atoms with van der Waals surface area (Å²) in [5.41, 5.74) is 4.88. The summed E-state index contributed by atoms with van der Waals surface area (Å²) in [6.07, 6.45) is 0.122. The molecule has 446 valence electrons. The van der Waals surface area contributed by atoms with Crippen LogP contribution in [-0.4, -0.2) is 128 Å². The second-order valence-corrected chi connectivity index (χ2v) is 25.0. The third kappa shape index (κ3) is 19.6. The number of benzene rings is 5. The molecule has 2 unspecified atom stereocenters. The average Bonchev–Trinajstić information content (AvgIpc) is 3.70. The van der Waals surface area contributed by atoms with E-state index in [-0.39, 0.29) is 50.1 Å². The van der Waals surface area contributed by atoms with Crippen LogP contribution in [0.15, 0.2) is 127 Å². The molecule has 18 nitrogen and oxygen atoms in total. The summed E-state index contributed by atoms with van der Waals surface area (Å²) in [4.78, 5) is 54.9. The van der Waals surface area contributed by atoms with E-state index in [2.05, 4.69) is 5.32 Å². The van der Waals surface area contributed by atoms with Crippen molar-refractivity contribution in [1.82, 2.24) is 20.3 Å². The quantitative estimate of drug-likeness (QED) is 0.0162. The number of unbranched alkanes of at least 4 members (excludes halogenated alkanes) is 1. The van der Waals surface area contributed by atoms with Gasteiger partial charge >= 0.3 is 35.6 Å². The van der Waals surface area contributed by atoms with Gasteiger partial charge in [0.05, 0.1) is 11.0 Å². The Hall–Kier alpha value is -6.89. The van der Waals surface area contributed by atoms with Crippen molar-refractivity contribution < 1.29 is 65.0 Å². The molecule has 0 saturated carbocycles. The molecule has 2 atom stereocenters. The number of esters is 2. The number of carbonyl (C=O) groups excluding carboxylic acids is 3. The maximum absolute atomic E-state index is 13.8. The van der Waals surface area contributed by atoms with Crippen LogP contribution in [-0.2, 0) is 50.4 Å². The Morgan fingerprint density at radius 1 is 0.518 bits per heavy atom. The van der Waals surface area contributed by atoms with Crippen molar-refractivity contribution in [2.45, 2.75) is 106 Å². The first-order valence-electron chi connectivity index (χ1n) is 28.9. The molecule has 0 aliphatic heterocycles. The Morgan fingerprint density at radius 2 is 0.952 bits per heavy atom. The zero-order valence-corrected chi connectivity index (χ0v) is 51.3. The molecule has 0 aliphatic rings. The van der Waals surface area contributed by atoms with Gasteiger partial charge in [0.15, 0.2) is 23.6 Å². The van der Waals surface area contributed by atoms with Gasteiger partial charge in [-0.05, 0) is 109 Å². The first-order valence-corrected chi connectivity index (χ1v) is 32.8. The number of aromatic nitrogens is 3. The number of phenolic OH excluding ortho intramolecular Hbond substituents is 1. The summed E-state index contributed by atoms with van der Waals surface area (Å²) in [7, 11) is -5.83. The Labute approximate surface area is 491 Å². The molecule has 0 aliphatic carbocycles. The highest BCUT2D eigenvalue weighted by Crippen LogP contribution is 2.35. The molecule has 6 aromatic rings. The number of nitrogens with zero attached hydrogens (tertiary/aromatic N) is 3. The fourth-order valence-corrected chi connectivity index (χ4v) is 14.4. The van der Waals surface area contributed by atoms with Crippen molar-refractivity contribution >= 4 is 35.6 Å². The van der Waals surface area contributed by atoms with Crippen LogP contribution >= 0.6 is 0 Å². The highest BCUT2D eigenvalue weighted by molar-refractivity contribution is 6.61. The third-order valence-corrected chi connectivity index (χ3v) is 19.8. The molecule has 6 rings (SSSR count). The number of hydrogen-bond donors (Lipinski definition) is 2. The standard InChI is InChI=1S/C63H82N4O14Si2/c1-9-63(44-72-57(69)29-22-23-41-82(75-10-2,76-11-3)77-12-4,46-74-62(71)64-40-24-42-83(78-13-5,79-14-6)80-15-7)45-73-61(70)47(8)81-54-38-39-55(56(68)43-54)60-66-58(52-34-30-50(31-35-52)48-25-18-16-19-26-48)65-59(67-60)53-36-32-51(33-37-53)49-27-20-17-21-28-49/h16-21,25-28,30-39,43,47,68H,9-15,22-24,29,40-42,44-46H2,1-8H3,(H,64,71). The van der Waals surface area contributed by atoms with Gasteiger partial charge in [0.1, 0.15) is 31.3 Å². The third-order valence-electron chi connectivity index (χ3n) is 13.5. The van der Waals surface area contributed by atoms with E-state index in [1.165, 1.54) is 13.0 Å². The molecule has 1 aromatic heterocycles. The van der Waals surface area contributed by atoms with Crippen molar-refractivity contribution in [2.24, 2.45) is 5.41 Å². The molecule has 0 radical (unpaired) electrons. The number of alkyl carbamates (subject to hydrolysis) is 1. The summed E-state index contributed by atoms with van der Waals surface area (Å²) in [6.45, 7) is 16.8. The number of ether oxygens (including phenoxy) is 4. The molecule has 0 spiro atoms. The van der Waals surface area contributed by atoms with Gasteiger partial charge < -0.3 is 55.9 Å². The topological polar surface area (TPSA) is 214 Å². The zero-order valence-electron chi connectivity index (χ0n) is 49.3. The number of aromatic hydroxyl groups is 1. The normalized spacial score (nSPS) is 12.7. The molecular weight excluding hydrogens is 1090 g/mol. The highest BCUT2D eigenvalue weighted by Gasteiger charge is 2.41. The highest BCUT2D eigenvalue weighted by atomic mass is 28.4. The van der Waals surface area contributed by atoms with Gasteiger partial charge in [0.25, 0.3) is 0 Å². The molecule has 1 amide bonds. The lowest BCUT2D eigenvalue weighted by molar-refractivity contribution is -0.161. The predicted molar refractivity (Wildman–Crippen MR) is 322 cm³/mol. The fraction of sp³-hybridized carbons (Fsp3) is 0.429. The maximum atomic E-state index is 13.8. The predicted octanol–water partition coefficient (Wildman–Crippen LogP) is 12.5. The van der Waals surface area contributed by atoms with Crippen molar-refractivity contribution in [2.75, 3.05) is 66.0 Å². The van der Waals surface area contributed by atoms with E-state index in [4.69, 9.17) is 60.5 Å². The van der Waals surface area contributed by atoms with E-state index in [1.807, 2.05) is 158 Å². The van der Waals surface area contributed by atoms with E-state index < -0.39 is 47.2 Å². The Morgan fingerprint density at radius 3 is 1.42 bits per heavy atom. The van der Waals surface area contributed by atoms with Crippen LogP contribution in [0.4, 0.5) is 4.79 Å². The minimum Gasteiger partial charge on any atom is -0.507 e. The lowest BCUT2D eigenvalue weighted by atomic mass is 9.88. The van der Waals surface area contributed by atoms with Crippen LogP contribution in [0.2, 0.25) is 12.1 Å². The Balaban J connectivity index is 1.15. The van der Waals surface area contributed by atoms with Gasteiger partial charge in [0, 0.05) is 81.9 Å². The monoisotopic (exact) mass is 1170 g/mol. The summed E-state index contributed by atoms with van der Waals surface area (Å²) >= 11 is 0. The van der Waals surface area contributed by atoms with Crippen molar-refractivity contribution in [3.8, 4) is 67.9 Å². The van der Waals surface area contributed by atoms with Crippen LogP contribution in [0.25, 0.3) is 56.4 Å². The van der Waals surface area contributed by atoms with Gasteiger partial charge in [-0.25, -0.2) is 24.5 Å². The van der Waals surface area contributed by atoms with E-state index in [0.29, 0.717) is 94.6 Å². The SMILES string of the molecule is CCO[Si](CCCCC(=O)OCC(CC)(COC(=O)NCCC[Si](OCC)(OCC)OCC)COC(=O)C(C)Oc1ccc(-c2nc(-c3ccc(-c4ccccc4)cc3)nc(-c3ccc(-c4ccccc4)cc3)n2)c(O)c1)(OCC)OCC. The summed E-state index contributed by atoms with van der Waals surface area (Å²) in [6, 6.07) is 41.7. The number of carbonyl (C=O) groups is 3. The smallest absolute Gasteiger partial charge is 0.500 e. The van der Waals surface area contributed by atoms with Crippen LogP contribution in [0.1, 0.15) is 87.5 Å². The lowest BCUT2D eigenvalue weighted by Crippen LogP contribution is -2.46. The zero-order chi connectivity index (χ0) is 59.5. The largest absolute Gasteiger partial charge is 0.507 e. The van der Waals surface area contributed by atoms with Crippen molar-refractivity contribution in [3.63, 3.8) is 0 Å². The molecule has 2 N–H and O–H groups in total. The second kappa shape index (κ2) is 33.4. The van der Waals surface area contributed by atoms with Crippen molar-refractivity contribution in [3.05, 3.63) is 127 Å². The first-order chi connectivity index (χ1) is 40.3. The van der Waals surface area contributed by atoms with Crippen LogP contribution in [0.5, 0.6) is 11.5 Å². The molecule has 0 saturated heterocycles. The van der Waals surface area contributed by atoms with Gasteiger partial charge in [-0.15, -0.1) is 0 Å². The molecular formula is C63H82N4O14Si2. The van der Waals surface area contributed by atoms with Gasteiger partial charge in [-0.1, -0.05) is 116 Å². The van der Waals surface area contributed by atoms with Crippen LogP contribution in [0, 0.1) is 5.41 Å². The van der Waals surface area contributed by atoms with Crippen LogP contribution in [0.3, 0.4) is 0 Å². The molecule has 83 heavy (non-hydrogen) atoms. The van der Waals surface area contributed by atoms with Crippen LogP contribution < -0.4 is 10.1 Å². The van der Waals surface area contributed by atoms with Gasteiger partial charge in [-0.2, -0.15) is 0 Å². The van der Waals surface area contributed by atoms with E-state index in [1.54, 1.807) is 12.1 Å². The molecule has 20 heteroatoms. The number of hydrogen-bond acceptors (Lipinski definition) is 17. The van der Waals surface area contributed by atoms with Gasteiger partial charge in [0.2, 0.25) is 0 Å². The molecule has 0 fully saturated rings. The maximum Gasteiger partial charge on any atom is 0.500 e. The number of amides is 1. The average molecular weight is 1180 g/mol. The lowest BCUT2D eigenvalue weighted by Gasteiger charge is -2.31. The van der Waals surface area contributed by atoms with E-state index >= 15 is 0 Å². The van der Waals surface area contributed by atoms with Crippen molar-refractivity contribution in [1.29, 1.82) is 0 Å². The Kier molecular flexibility index (Phi) is 26.3. The number of phenols is 1. The first kappa shape index (κ1) is 65.3. The van der Waals surface area contributed by atoms with E-state index in [9.17, 15) is 19.5 Å². The molecule has 1 heterocycles. The molecule has 0 bridgehead atoms. The summed E-state index contributed by atoms with van der Waals surface area (Å²) < 4.78 is 59.3. The summed E-state index contributed by atoms with van der Waals surface area (Å²) in [5, 5.41) is 14.4. The Bertz CT molecular complexity index is 2740. The van der Waals surface area contributed by atoms with Gasteiger partial charge in [-0.3, -0.25) is 4.79 Å². The molecule has 5 aromatic carbocycles. The second-order valence-electron chi connectivity index (χ2n) is 19.5. The minimum absolute atomic E-state index is 0.101. The van der Waals surface area contributed by atoms with E-state index in [0.717, 1.165) is 33.4 Å². The number of rotatable bonds is 36. The summed E-state index contributed by atoms with van der Waals surface area (Å²) in [5.74, 6) is -0.233. The fourth-order valence-electron chi connectivity index (χ4n) is 9.12. The minimum atomic E-state index is -2.93. The number of nitrogens with one attached hydrogen (secondary N) is 1.